The zero-order valence-corrected chi connectivity index (χ0v) is 10.4. The van der Waals surface area contributed by atoms with Crippen molar-refractivity contribution in [1.82, 2.24) is 0 Å². The van der Waals surface area contributed by atoms with Crippen molar-refractivity contribution in [3.05, 3.63) is 29.8 Å². The van der Waals surface area contributed by atoms with Gasteiger partial charge in [-0.2, -0.15) is 5.26 Å². The Labute approximate surface area is 102 Å². The van der Waals surface area contributed by atoms with Gasteiger partial charge in [0.25, 0.3) is 0 Å². The van der Waals surface area contributed by atoms with Crippen LogP contribution in [0, 0.1) is 17.2 Å². The third-order valence-electron chi connectivity index (χ3n) is 2.51. The summed E-state index contributed by atoms with van der Waals surface area (Å²) in [5, 5.41) is 9.16. The lowest BCUT2D eigenvalue weighted by Crippen LogP contribution is -2.14. The second-order valence-electron chi connectivity index (χ2n) is 4.37. The van der Waals surface area contributed by atoms with Crippen LogP contribution in [0.3, 0.4) is 0 Å². The molecule has 1 unspecified atom stereocenters. The summed E-state index contributed by atoms with van der Waals surface area (Å²) in [6.07, 6.45) is 0.413. The minimum Gasteiger partial charge on any atom is -0.496 e. The number of rotatable bonds is 5. The molecule has 0 saturated heterocycles. The number of hydrogen-bond acceptors (Lipinski definition) is 3. The molecule has 0 amide bonds. The van der Waals surface area contributed by atoms with Crippen LogP contribution in [-0.2, 0) is 4.79 Å². The Bertz CT molecular complexity index is 432. The minimum atomic E-state index is -0.728. The van der Waals surface area contributed by atoms with E-state index in [1.54, 1.807) is 19.2 Å². The molecule has 0 spiro atoms. The number of benzene rings is 1. The smallest absolute Gasteiger partial charge is 0.154 e. The second-order valence-corrected chi connectivity index (χ2v) is 4.37. The van der Waals surface area contributed by atoms with Gasteiger partial charge in [0, 0.05) is 12.0 Å². The molecule has 0 bridgehead atoms. The number of para-hydroxylation sites is 1. The zero-order valence-electron chi connectivity index (χ0n) is 10.4. The maximum absolute atomic E-state index is 12.0. The lowest BCUT2D eigenvalue weighted by Gasteiger charge is -2.13. The van der Waals surface area contributed by atoms with Gasteiger partial charge in [0.2, 0.25) is 0 Å². The topological polar surface area (TPSA) is 50.1 Å². The van der Waals surface area contributed by atoms with Gasteiger partial charge in [-0.15, -0.1) is 0 Å². The summed E-state index contributed by atoms with van der Waals surface area (Å²) in [7, 11) is 1.54. The number of ether oxygens (including phenoxy) is 1. The van der Waals surface area contributed by atoms with Crippen LogP contribution in [0.25, 0.3) is 0 Å². The molecule has 90 valence electrons. The molecule has 3 heteroatoms. The molecule has 1 atom stereocenters. The Kier molecular flexibility index (Phi) is 4.71. The van der Waals surface area contributed by atoms with Gasteiger partial charge >= 0.3 is 0 Å². The molecular formula is C14H17NO2. The number of nitrogens with zero attached hydrogens (tertiary/aromatic N) is 1. The molecule has 0 heterocycles. The number of Topliss-reactive ketones (excluding diaryl/α,β-unsaturated/α-hetero) is 1. The van der Waals surface area contributed by atoms with Crippen LogP contribution in [0.15, 0.2) is 24.3 Å². The van der Waals surface area contributed by atoms with Crippen LogP contribution in [0.2, 0.25) is 0 Å². The summed E-state index contributed by atoms with van der Waals surface area (Å²) >= 11 is 0. The molecule has 17 heavy (non-hydrogen) atoms. The molecule has 0 fully saturated rings. The van der Waals surface area contributed by atoms with E-state index in [1.165, 1.54) is 0 Å². The molecular weight excluding hydrogens is 214 g/mol. The fraction of sp³-hybridized carbons (Fsp3) is 0.429. The maximum atomic E-state index is 12.0. The minimum absolute atomic E-state index is 0.0491. The number of hydrogen-bond donors (Lipinski definition) is 0. The SMILES string of the molecule is COc1ccccc1C(C#N)C(=O)CC(C)C. The van der Waals surface area contributed by atoms with Gasteiger partial charge in [0.1, 0.15) is 11.7 Å². The highest BCUT2D eigenvalue weighted by molar-refractivity contribution is 5.89. The van der Waals surface area contributed by atoms with Crippen molar-refractivity contribution in [1.29, 1.82) is 5.26 Å². The first-order valence-electron chi connectivity index (χ1n) is 5.65. The van der Waals surface area contributed by atoms with E-state index < -0.39 is 5.92 Å². The van der Waals surface area contributed by atoms with Crippen molar-refractivity contribution in [3.63, 3.8) is 0 Å². The summed E-state index contributed by atoms with van der Waals surface area (Å²) in [5.74, 6) is 0.0739. The molecule has 0 aliphatic rings. The van der Waals surface area contributed by atoms with E-state index in [2.05, 4.69) is 6.07 Å². The summed E-state index contributed by atoms with van der Waals surface area (Å²) < 4.78 is 5.18. The second kappa shape index (κ2) is 6.05. The Morgan fingerprint density at radius 2 is 2.06 bits per heavy atom. The number of carbonyl (C=O) groups is 1. The Balaban J connectivity index is 3.02. The number of ketones is 1. The van der Waals surface area contributed by atoms with Crippen molar-refractivity contribution in [2.45, 2.75) is 26.2 Å². The first-order valence-corrected chi connectivity index (χ1v) is 5.65. The average Bonchev–Trinajstić information content (AvgIpc) is 2.29. The van der Waals surface area contributed by atoms with Crippen molar-refractivity contribution in [2.75, 3.05) is 7.11 Å². The molecule has 0 saturated carbocycles. The molecule has 1 aromatic carbocycles. The van der Waals surface area contributed by atoms with E-state index in [0.29, 0.717) is 17.7 Å². The largest absolute Gasteiger partial charge is 0.496 e. The molecule has 3 nitrogen and oxygen atoms in total. The Morgan fingerprint density at radius 1 is 1.41 bits per heavy atom. The van der Waals surface area contributed by atoms with Crippen molar-refractivity contribution in [3.8, 4) is 11.8 Å². The van der Waals surface area contributed by atoms with Crippen molar-refractivity contribution in [2.24, 2.45) is 5.92 Å². The van der Waals surface area contributed by atoms with E-state index in [4.69, 9.17) is 10.00 Å². The van der Waals surface area contributed by atoms with Crippen LogP contribution in [0.5, 0.6) is 5.75 Å². The van der Waals surface area contributed by atoms with Crippen LogP contribution >= 0.6 is 0 Å². The van der Waals surface area contributed by atoms with Crippen LogP contribution in [-0.4, -0.2) is 12.9 Å². The van der Waals surface area contributed by atoms with E-state index >= 15 is 0 Å². The third-order valence-corrected chi connectivity index (χ3v) is 2.51. The Hall–Kier alpha value is -1.82. The van der Waals surface area contributed by atoms with Crippen LogP contribution < -0.4 is 4.74 Å². The van der Waals surface area contributed by atoms with Gasteiger partial charge < -0.3 is 4.74 Å². The highest BCUT2D eigenvalue weighted by Gasteiger charge is 2.23. The Morgan fingerprint density at radius 3 is 2.59 bits per heavy atom. The van der Waals surface area contributed by atoms with Crippen LogP contribution in [0.4, 0.5) is 0 Å². The summed E-state index contributed by atoms with van der Waals surface area (Å²) in [6, 6.07) is 9.24. The van der Waals surface area contributed by atoms with Gasteiger partial charge in [-0.3, -0.25) is 4.79 Å². The van der Waals surface area contributed by atoms with E-state index in [0.717, 1.165) is 0 Å². The predicted octanol–water partition coefficient (Wildman–Crippen LogP) is 2.92. The fourth-order valence-corrected chi connectivity index (χ4v) is 1.74. The van der Waals surface area contributed by atoms with Gasteiger partial charge in [-0.25, -0.2) is 0 Å². The van der Waals surface area contributed by atoms with Gasteiger partial charge in [-0.1, -0.05) is 32.0 Å². The fourth-order valence-electron chi connectivity index (χ4n) is 1.74. The lowest BCUT2D eigenvalue weighted by molar-refractivity contribution is -0.120. The number of carbonyl (C=O) groups excluding carboxylic acids is 1. The summed E-state index contributed by atoms with van der Waals surface area (Å²) in [4.78, 5) is 12.0. The molecule has 0 radical (unpaired) electrons. The van der Waals surface area contributed by atoms with Gasteiger partial charge in [-0.05, 0) is 12.0 Å². The normalized spacial score (nSPS) is 11.9. The maximum Gasteiger partial charge on any atom is 0.154 e. The lowest BCUT2D eigenvalue weighted by atomic mass is 9.90. The molecule has 1 rings (SSSR count). The average molecular weight is 231 g/mol. The first-order chi connectivity index (χ1) is 8.10. The van der Waals surface area contributed by atoms with Crippen molar-refractivity contribution < 1.29 is 9.53 Å². The zero-order chi connectivity index (χ0) is 12.8. The number of nitriles is 1. The molecule has 0 N–H and O–H groups in total. The van der Waals surface area contributed by atoms with E-state index in [9.17, 15) is 4.79 Å². The summed E-state index contributed by atoms with van der Waals surface area (Å²) in [6.45, 7) is 3.93. The van der Waals surface area contributed by atoms with Crippen LogP contribution in [0.1, 0.15) is 31.7 Å². The molecule has 0 aliphatic carbocycles. The molecule has 1 aromatic rings. The third kappa shape index (κ3) is 3.32. The monoisotopic (exact) mass is 231 g/mol. The first kappa shape index (κ1) is 13.2. The van der Waals surface area contributed by atoms with Gasteiger partial charge in [0.15, 0.2) is 5.78 Å². The van der Waals surface area contributed by atoms with E-state index in [-0.39, 0.29) is 11.7 Å². The highest BCUT2D eigenvalue weighted by Crippen LogP contribution is 2.28. The number of methoxy groups -OCH3 is 1. The summed E-state index contributed by atoms with van der Waals surface area (Å²) in [5.41, 5.74) is 0.656. The van der Waals surface area contributed by atoms with Crippen molar-refractivity contribution >= 4 is 5.78 Å². The molecule has 0 aromatic heterocycles. The molecule has 0 aliphatic heterocycles. The highest BCUT2D eigenvalue weighted by atomic mass is 16.5. The predicted molar refractivity (Wildman–Crippen MR) is 65.8 cm³/mol. The van der Waals surface area contributed by atoms with Gasteiger partial charge in [0.05, 0.1) is 13.2 Å². The quantitative estimate of drug-likeness (QED) is 0.782. The standard InChI is InChI=1S/C14H17NO2/c1-10(2)8-13(16)12(9-15)11-6-4-5-7-14(11)17-3/h4-7,10,12H,8H2,1-3H3. The van der Waals surface area contributed by atoms with E-state index in [1.807, 2.05) is 26.0 Å².